The number of carbonyl (C=O) groups is 1. The molecule has 0 spiro atoms. The van der Waals surface area contributed by atoms with Crippen molar-refractivity contribution < 1.29 is 9.18 Å². The van der Waals surface area contributed by atoms with Crippen LogP contribution in [-0.2, 0) is 17.8 Å². The third kappa shape index (κ3) is 3.91. The van der Waals surface area contributed by atoms with Crippen LogP contribution in [0.15, 0.2) is 48.5 Å². The second kappa shape index (κ2) is 7.81. The fraction of sp³-hybridized carbons (Fsp3) is 0.435. The highest BCUT2D eigenvalue weighted by Gasteiger charge is 2.31. The van der Waals surface area contributed by atoms with Gasteiger partial charge in [-0.3, -0.25) is 9.69 Å². The van der Waals surface area contributed by atoms with E-state index in [0.29, 0.717) is 5.91 Å². The van der Waals surface area contributed by atoms with E-state index >= 15 is 0 Å². The molecule has 0 aromatic heterocycles. The SMILES string of the molecule is CC(c1ccc(F)cc1)N1CCC(C(=O)N2CCc3ccccc3C2)CC1. The summed E-state index contributed by atoms with van der Waals surface area (Å²) in [7, 11) is 0. The van der Waals surface area contributed by atoms with Crippen LogP contribution in [0.5, 0.6) is 0 Å². The van der Waals surface area contributed by atoms with Crippen LogP contribution >= 0.6 is 0 Å². The van der Waals surface area contributed by atoms with Gasteiger partial charge in [0.05, 0.1) is 0 Å². The summed E-state index contributed by atoms with van der Waals surface area (Å²) >= 11 is 0. The molecule has 1 unspecified atom stereocenters. The molecule has 1 saturated heterocycles. The first-order chi connectivity index (χ1) is 13.1. The van der Waals surface area contributed by atoms with Gasteiger partial charge in [0, 0.05) is 25.0 Å². The zero-order valence-electron chi connectivity index (χ0n) is 15.9. The summed E-state index contributed by atoms with van der Waals surface area (Å²) in [6.07, 6.45) is 2.77. The molecule has 0 N–H and O–H groups in total. The molecular weight excluding hydrogens is 339 g/mol. The fourth-order valence-electron chi connectivity index (χ4n) is 4.43. The Morgan fingerprint density at radius 1 is 1.00 bits per heavy atom. The molecule has 2 aliphatic rings. The number of nitrogens with zero attached hydrogens (tertiary/aromatic N) is 2. The first-order valence-electron chi connectivity index (χ1n) is 9.97. The van der Waals surface area contributed by atoms with Crippen molar-refractivity contribution in [3.8, 4) is 0 Å². The number of piperidine rings is 1. The van der Waals surface area contributed by atoms with Gasteiger partial charge in [-0.1, -0.05) is 36.4 Å². The van der Waals surface area contributed by atoms with Gasteiger partial charge in [0.2, 0.25) is 5.91 Å². The third-order valence-corrected chi connectivity index (χ3v) is 6.22. The van der Waals surface area contributed by atoms with E-state index in [1.807, 2.05) is 17.0 Å². The lowest BCUT2D eigenvalue weighted by Crippen LogP contribution is -2.44. The highest BCUT2D eigenvalue weighted by Crippen LogP contribution is 2.29. The maximum atomic E-state index is 13.1. The van der Waals surface area contributed by atoms with E-state index in [4.69, 9.17) is 0 Å². The third-order valence-electron chi connectivity index (χ3n) is 6.22. The molecule has 0 bridgehead atoms. The molecule has 0 saturated carbocycles. The van der Waals surface area contributed by atoms with Crippen molar-refractivity contribution in [3.05, 3.63) is 71.0 Å². The number of carbonyl (C=O) groups excluding carboxylic acids is 1. The monoisotopic (exact) mass is 366 g/mol. The number of halogens is 1. The zero-order valence-corrected chi connectivity index (χ0v) is 15.9. The molecule has 1 fully saturated rings. The number of rotatable bonds is 3. The van der Waals surface area contributed by atoms with Crippen molar-refractivity contribution >= 4 is 5.91 Å². The average molecular weight is 366 g/mol. The number of amides is 1. The highest BCUT2D eigenvalue weighted by molar-refractivity contribution is 5.79. The summed E-state index contributed by atoms with van der Waals surface area (Å²) in [6.45, 7) is 5.58. The molecule has 2 heterocycles. The van der Waals surface area contributed by atoms with Crippen molar-refractivity contribution in [2.75, 3.05) is 19.6 Å². The van der Waals surface area contributed by atoms with E-state index < -0.39 is 0 Å². The summed E-state index contributed by atoms with van der Waals surface area (Å²) in [5.41, 5.74) is 3.80. The van der Waals surface area contributed by atoms with Crippen LogP contribution in [0.1, 0.15) is 42.5 Å². The number of likely N-dealkylation sites (tertiary alicyclic amines) is 1. The minimum atomic E-state index is -0.196. The Morgan fingerprint density at radius 2 is 1.67 bits per heavy atom. The highest BCUT2D eigenvalue weighted by atomic mass is 19.1. The van der Waals surface area contributed by atoms with Crippen LogP contribution in [0, 0.1) is 11.7 Å². The van der Waals surface area contributed by atoms with Gasteiger partial charge in [-0.05, 0) is 68.1 Å². The van der Waals surface area contributed by atoms with Crippen LogP contribution in [-0.4, -0.2) is 35.3 Å². The van der Waals surface area contributed by atoms with E-state index in [1.54, 1.807) is 0 Å². The van der Waals surface area contributed by atoms with Gasteiger partial charge in [-0.25, -0.2) is 4.39 Å². The van der Waals surface area contributed by atoms with Gasteiger partial charge in [0.25, 0.3) is 0 Å². The van der Waals surface area contributed by atoms with Crippen LogP contribution in [0.3, 0.4) is 0 Å². The molecule has 2 aromatic carbocycles. The van der Waals surface area contributed by atoms with Crippen molar-refractivity contribution in [1.82, 2.24) is 9.80 Å². The van der Waals surface area contributed by atoms with Crippen molar-refractivity contribution in [2.24, 2.45) is 5.92 Å². The smallest absolute Gasteiger partial charge is 0.226 e. The summed E-state index contributed by atoms with van der Waals surface area (Å²) in [6, 6.07) is 15.5. The lowest BCUT2D eigenvalue weighted by Gasteiger charge is -2.38. The summed E-state index contributed by atoms with van der Waals surface area (Å²) in [4.78, 5) is 17.5. The quantitative estimate of drug-likeness (QED) is 0.813. The van der Waals surface area contributed by atoms with E-state index in [0.717, 1.165) is 51.0 Å². The molecule has 27 heavy (non-hydrogen) atoms. The van der Waals surface area contributed by atoms with E-state index in [1.165, 1.54) is 23.3 Å². The molecule has 1 amide bonds. The van der Waals surface area contributed by atoms with Crippen LogP contribution in [0.2, 0.25) is 0 Å². The molecule has 142 valence electrons. The largest absolute Gasteiger partial charge is 0.338 e. The number of fused-ring (bicyclic) bond motifs is 1. The van der Waals surface area contributed by atoms with Crippen molar-refractivity contribution in [1.29, 1.82) is 0 Å². The predicted molar refractivity (Wildman–Crippen MR) is 105 cm³/mol. The van der Waals surface area contributed by atoms with Crippen LogP contribution in [0.4, 0.5) is 4.39 Å². The van der Waals surface area contributed by atoms with Crippen molar-refractivity contribution in [3.63, 3.8) is 0 Å². The topological polar surface area (TPSA) is 23.6 Å². The normalized spacial score (nSPS) is 19.6. The second-order valence-corrected chi connectivity index (χ2v) is 7.82. The Hall–Kier alpha value is -2.20. The van der Waals surface area contributed by atoms with E-state index in [-0.39, 0.29) is 17.8 Å². The summed E-state index contributed by atoms with van der Waals surface area (Å²) in [5, 5.41) is 0. The molecule has 2 aliphatic heterocycles. The standard InChI is InChI=1S/C23H27FN2O/c1-17(18-6-8-22(24)9-7-18)25-13-11-20(12-14-25)23(27)26-15-10-19-4-2-3-5-21(19)16-26/h2-9,17,20H,10-16H2,1H3. The number of hydrogen-bond acceptors (Lipinski definition) is 2. The van der Waals surface area contributed by atoms with Gasteiger partial charge in [-0.2, -0.15) is 0 Å². The first kappa shape index (κ1) is 18.2. The molecule has 4 rings (SSSR count). The number of hydrogen-bond donors (Lipinski definition) is 0. The minimum absolute atomic E-state index is 0.131. The second-order valence-electron chi connectivity index (χ2n) is 7.82. The Labute approximate surface area is 160 Å². The van der Waals surface area contributed by atoms with Gasteiger partial charge < -0.3 is 4.90 Å². The fourth-order valence-corrected chi connectivity index (χ4v) is 4.43. The summed E-state index contributed by atoms with van der Waals surface area (Å²) < 4.78 is 13.1. The van der Waals surface area contributed by atoms with Gasteiger partial charge in [0.1, 0.15) is 5.82 Å². The zero-order chi connectivity index (χ0) is 18.8. The van der Waals surface area contributed by atoms with Crippen LogP contribution in [0.25, 0.3) is 0 Å². The predicted octanol–water partition coefficient (Wildman–Crippen LogP) is 4.18. The molecule has 2 aromatic rings. The number of benzene rings is 2. The Morgan fingerprint density at radius 3 is 2.37 bits per heavy atom. The van der Waals surface area contributed by atoms with Gasteiger partial charge in [-0.15, -0.1) is 0 Å². The Balaban J connectivity index is 1.34. The molecule has 1 atom stereocenters. The van der Waals surface area contributed by atoms with E-state index in [2.05, 4.69) is 36.1 Å². The van der Waals surface area contributed by atoms with E-state index in [9.17, 15) is 9.18 Å². The molecule has 0 aliphatic carbocycles. The van der Waals surface area contributed by atoms with Crippen molar-refractivity contribution in [2.45, 2.75) is 38.8 Å². The minimum Gasteiger partial charge on any atom is -0.338 e. The average Bonchev–Trinajstić information content (AvgIpc) is 2.73. The lowest BCUT2D eigenvalue weighted by molar-refractivity contribution is -0.138. The van der Waals surface area contributed by atoms with Gasteiger partial charge in [0.15, 0.2) is 0 Å². The van der Waals surface area contributed by atoms with Gasteiger partial charge >= 0.3 is 0 Å². The Bertz CT molecular complexity index is 796. The molecule has 0 radical (unpaired) electrons. The maximum Gasteiger partial charge on any atom is 0.226 e. The summed E-state index contributed by atoms with van der Waals surface area (Å²) in [5.74, 6) is 0.254. The molecule has 3 nitrogen and oxygen atoms in total. The molecule has 4 heteroatoms. The van der Waals surface area contributed by atoms with Crippen LogP contribution < -0.4 is 0 Å². The Kier molecular flexibility index (Phi) is 5.26. The molecular formula is C23H27FN2O. The lowest BCUT2D eigenvalue weighted by atomic mass is 9.91. The maximum absolute atomic E-state index is 13.1. The first-order valence-corrected chi connectivity index (χ1v) is 9.97.